The summed E-state index contributed by atoms with van der Waals surface area (Å²) in [6.45, 7) is 2.64. The van der Waals surface area contributed by atoms with Crippen LogP contribution in [0.5, 0.6) is 0 Å². The molecule has 0 spiro atoms. The van der Waals surface area contributed by atoms with Crippen LogP contribution in [0, 0.1) is 11.6 Å². The Morgan fingerprint density at radius 3 is 2.16 bits per heavy atom. The number of nitrogens with one attached hydrogen (secondary N) is 1. The van der Waals surface area contributed by atoms with Gasteiger partial charge in [0, 0.05) is 12.6 Å². The first-order chi connectivity index (χ1) is 9.13. The van der Waals surface area contributed by atoms with Crippen LogP contribution in [0.3, 0.4) is 0 Å². The maximum absolute atomic E-state index is 13.1. The van der Waals surface area contributed by atoms with Crippen LogP contribution in [-0.2, 0) is 13.0 Å². The fourth-order valence-electron chi connectivity index (χ4n) is 2.03. The Kier molecular flexibility index (Phi) is 4.63. The van der Waals surface area contributed by atoms with Crippen LogP contribution in [0.1, 0.15) is 18.1 Å². The van der Waals surface area contributed by atoms with Gasteiger partial charge < -0.3 is 5.32 Å². The molecule has 0 fully saturated rings. The number of benzene rings is 2. The van der Waals surface area contributed by atoms with Crippen molar-refractivity contribution in [2.24, 2.45) is 0 Å². The fraction of sp³-hybridized carbons (Fsp3) is 0.250. The molecule has 100 valence electrons. The van der Waals surface area contributed by atoms with Crippen molar-refractivity contribution >= 4 is 0 Å². The Morgan fingerprint density at radius 1 is 0.947 bits per heavy atom. The van der Waals surface area contributed by atoms with E-state index in [1.807, 2.05) is 19.1 Å². The molecule has 19 heavy (non-hydrogen) atoms. The van der Waals surface area contributed by atoms with Crippen LogP contribution in [-0.4, -0.2) is 6.04 Å². The average Bonchev–Trinajstić information content (AvgIpc) is 2.36. The fourth-order valence-corrected chi connectivity index (χ4v) is 2.03. The third-order valence-corrected chi connectivity index (χ3v) is 2.97. The topological polar surface area (TPSA) is 12.0 Å². The molecule has 0 aliphatic carbocycles. The standard InChI is InChI=1S/C16H17F2N/c1-12(8-13-4-2-6-15(17)9-13)19-11-14-5-3-7-16(18)10-14/h2-7,9-10,12,19H,8,11H2,1H3. The van der Waals surface area contributed by atoms with Crippen LogP contribution < -0.4 is 5.32 Å². The highest BCUT2D eigenvalue weighted by Crippen LogP contribution is 2.08. The molecule has 0 bridgehead atoms. The summed E-state index contributed by atoms with van der Waals surface area (Å²) in [5.74, 6) is -0.438. The van der Waals surface area contributed by atoms with Gasteiger partial charge >= 0.3 is 0 Å². The van der Waals surface area contributed by atoms with E-state index in [0.717, 1.165) is 17.5 Å². The first kappa shape index (κ1) is 13.7. The van der Waals surface area contributed by atoms with E-state index < -0.39 is 0 Å². The van der Waals surface area contributed by atoms with Crippen LogP contribution in [0.4, 0.5) is 8.78 Å². The van der Waals surface area contributed by atoms with E-state index in [2.05, 4.69) is 5.32 Å². The first-order valence-corrected chi connectivity index (χ1v) is 6.36. The zero-order valence-corrected chi connectivity index (χ0v) is 10.9. The number of hydrogen-bond donors (Lipinski definition) is 1. The average molecular weight is 261 g/mol. The van der Waals surface area contributed by atoms with Gasteiger partial charge in [0.05, 0.1) is 0 Å². The van der Waals surface area contributed by atoms with Gasteiger partial charge in [0.25, 0.3) is 0 Å². The number of hydrogen-bond acceptors (Lipinski definition) is 1. The summed E-state index contributed by atoms with van der Waals surface area (Å²) >= 11 is 0. The van der Waals surface area contributed by atoms with E-state index >= 15 is 0 Å². The molecule has 0 aliphatic rings. The van der Waals surface area contributed by atoms with Gasteiger partial charge in [0.15, 0.2) is 0 Å². The predicted octanol–water partition coefficient (Wildman–Crippen LogP) is 3.69. The number of halogens is 2. The van der Waals surface area contributed by atoms with E-state index in [1.165, 1.54) is 18.2 Å². The van der Waals surface area contributed by atoms with Crippen molar-refractivity contribution in [2.75, 3.05) is 0 Å². The smallest absolute Gasteiger partial charge is 0.123 e. The second kappa shape index (κ2) is 6.43. The van der Waals surface area contributed by atoms with Gasteiger partial charge in [-0.25, -0.2) is 8.78 Å². The lowest BCUT2D eigenvalue weighted by molar-refractivity contribution is 0.540. The lowest BCUT2D eigenvalue weighted by Crippen LogP contribution is -2.27. The maximum atomic E-state index is 13.1. The molecule has 2 rings (SSSR count). The minimum atomic E-state index is -0.225. The molecule has 3 heteroatoms. The molecule has 0 amide bonds. The summed E-state index contributed by atoms with van der Waals surface area (Å²) in [5.41, 5.74) is 1.87. The van der Waals surface area contributed by atoms with Gasteiger partial charge in [-0.2, -0.15) is 0 Å². The van der Waals surface area contributed by atoms with E-state index in [0.29, 0.717) is 6.54 Å². The SMILES string of the molecule is CC(Cc1cccc(F)c1)NCc1cccc(F)c1. The summed E-state index contributed by atoms with van der Waals surface area (Å²) in [5, 5.41) is 3.30. The van der Waals surface area contributed by atoms with Gasteiger partial charge in [-0.05, 0) is 48.7 Å². The van der Waals surface area contributed by atoms with Crippen molar-refractivity contribution in [3.8, 4) is 0 Å². The normalized spacial score (nSPS) is 12.4. The van der Waals surface area contributed by atoms with Crippen molar-refractivity contribution < 1.29 is 8.78 Å². The van der Waals surface area contributed by atoms with Crippen molar-refractivity contribution in [1.82, 2.24) is 5.32 Å². The Balaban J connectivity index is 1.86. The van der Waals surface area contributed by atoms with Crippen LogP contribution in [0.25, 0.3) is 0 Å². The van der Waals surface area contributed by atoms with E-state index in [9.17, 15) is 8.78 Å². The van der Waals surface area contributed by atoms with Gasteiger partial charge in [-0.15, -0.1) is 0 Å². The van der Waals surface area contributed by atoms with Crippen LogP contribution >= 0.6 is 0 Å². The van der Waals surface area contributed by atoms with Crippen LogP contribution in [0.15, 0.2) is 48.5 Å². The molecular formula is C16H17F2N. The second-order valence-corrected chi connectivity index (χ2v) is 4.75. The zero-order chi connectivity index (χ0) is 13.7. The van der Waals surface area contributed by atoms with E-state index in [1.54, 1.807) is 18.2 Å². The molecule has 1 atom stereocenters. The molecule has 0 aromatic heterocycles. The molecule has 1 N–H and O–H groups in total. The highest BCUT2D eigenvalue weighted by Gasteiger charge is 2.04. The number of rotatable bonds is 5. The summed E-state index contributed by atoms with van der Waals surface area (Å²) in [7, 11) is 0. The molecule has 2 aromatic carbocycles. The molecule has 0 heterocycles. The quantitative estimate of drug-likeness (QED) is 0.865. The van der Waals surface area contributed by atoms with E-state index in [4.69, 9.17) is 0 Å². The summed E-state index contributed by atoms with van der Waals surface area (Å²) in [4.78, 5) is 0. The van der Waals surface area contributed by atoms with Gasteiger partial charge in [-0.1, -0.05) is 24.3 Å². The summed E-state index contributed by atoms with van der Waals surface area (Å²) in [6, 6.07) is 13.3. The summed E-state index contributed by atoms with van der Waals surface area (Å²) < 4.78 is 26.1. The third kappa shape index (κ3) is 4.45. The lowest BCUT2D eigenvalue weighted by Gasteiger charge is -2.14. The first-order valence-electron chi connectivity index (χ1n) is 6.36. The van der Waals surface area contributed by atoms with Crippen LogP contribution in [0.2, 0.25) is 0 Å². The Morgan fingerprint density at radius 2 is 1.53 bits per heavy atom. The van der Waals surface area contributed by atoms with E-state index in [-0.39, 0.29) is 17.7 Å². The Labute approximate surface area is 112 Å². The monoisotopic (exact) mass is 261 g/mol. The van der Waals surface area contributed by atoms with Gasteiger partial charge in [0.2, 0.25) is 0 Å². The van der Waals surface area contributed by atoms with Crippen molar-refractivity contribution in [3.05, 3.63) is 71.3 Å². The molecule has 1 nitrogen and oxygen atoms in total. The molecule has 0 radical (unpaired) electrons. The molecular weight excluding hydrogens is 244 g/mol. The lowest BCUT2D eigenvalue weighted by atomic mass is 10.1. The largest absolute Gasteiger partial charge is 0.310 e. The van der Waals surface area contributed by atoms with Crippen molar-refractivity contribution in [1.29, 1.82) is 0 Å². The minimum Gasteiger partial charge on any atom is -0.310 e. The zero-order valence-electron chi connectivity index (χ0n) is 10.9. The molecule has 0 aliphatic heterocycles. The van der Waals surface area contributed by atoms with Gasteiger partial charge in [0.1, 0.15) is 11.6 Å². The highest BCUT2D eigenvalue weighted by atomic mass is 19.1. The third-order valence-electron chi connectivity index (χ3n) is 2.97. The molecule has 0 saturated carbocycles. The van der Waals surface area contributed by atoms with Crippen molar-refractivity contribution in [3.63, 3.8) is 0 Å². The summed E-state index contributed by atoms with van der Waals surface area (Å²) in [6.07, 6.45) is 0.743. The highest BCUT2D eigenvalue weighted by molar-refractivity contribution is 5.18. The van der Waals surface area contributed by atoms with Gasteiger partial charge in [-0.3, -0.25) is 0 Å². The molecule has 1 unspecified atom stereocenters. The second-order valence-electron chi connectivity index (χ2n) is 4.75. The maximum Gasteiger partial charge on any atom is 0.123 e. The molecule has 0 saturated heterocycles. The minimum absolute atomic E-state index is 0.199. The predicted molar refractivity (Wildman–Crippen MR) is 72.8 cm³/mol. The molecule has 2 aromatic rings. The van der Waals surface area contributed by atoms with Crippen molar-refractivity contribution in [2.45, 2.75) is 25.9 Å². The Bertz CT molecular complexity index is 540. The Hall–Kier alpha value is -1.74.